The Bertz CT molecular complexity index is 675. The molecule has 2 aromatic heterocycles. The molecule has 1 aliphatic rings. The minimum Gasteiger partial charge on any atom is -0.396 e. The third kappa shape index (κ3) is 3.77. The zero-order valence-electron chi connectivity index (χ0n) is 15.1. The van der Waals surface area contributed by atoms with Crippen LogP contribution in [0.25, 0.3) is 5.78 Å². The predicted octanol–water partition coefficient (Wildman–Crippen LogP) is 1.62. The molecule has 0 saturated carbocycles. The van der Waals surface area contributed by atoms with Crippen molar-refractivity contribution in [2.24, 2.45) is 0 Å². The first-order valence-corrected chi connectivity index (χ1v) is 8.92. The molecule has 0 atom stereocenters. The maximum absolute atomic E-state index is 8.98. The average Bonchev–Trinajstić information content (AvgIpc) is 2.96. The molecule has 1 aliphatic heterocycles. The molecule has 0 amide bonds. The molecule has 1 N–H and O–H groups in total. The summed E-state index contributed by atoms with van der Waals surface area (Å²) in [4.78, 5) is 13.9. The highest BCUT2D eigenvalue weighted by Crippen LogP contribution is 2.19. The molecule has 1 saturated heterocycles. The standard InChI is InChI=1S/C18H29N5O/c1-14-11-15(2)23-17(12-19-18(23)20-14)13-22-8-5-16(6-9-22)21(3)7-4-10-24/h11-12,16,24H,4-10,13H2,1-3H3. The van der Waals surface area contributed by atoms with Gasteiger partial charge in [-0.05, 0) is 46.2 Å². The van der Waals surface area contributed by atoms with E-state index in [0.29, 0.717) is 6.04 Å². The van der Waals surface area contributed by atoms with Crippen molar-refractivity contribution in [2.75, 3.05) is 33.3 Å². The lowest BCUT2D eigenvalue weighted by Gasteiger charge is -2.36. The van der Waals surface area contributed by atoms with Gasteiger partial charge >= 0.3 is 0 Å². The summed E-state index contributed by atoms with van der Waals surface area (Å²) in [6.45, 7) is 8.55. The smallest absolute Gasteiger partial charge is 0.234 e. The molecule has 2 aromatic rings. The molecule has 0 spiro atoms. The van der Waals surface area contributed by atoms with Crippen molar-refractivity contribution in [2.45, 2.75) is 45.7 Å². The SMILES string of the molecule is Cc1cc(C)n2c(CN3CCC(N(C)CCCO)CC3)cnc2n1. The Morgan fingerprint density at radius 2 is 2.04 bits per heavy atom. The Morgan fingerprint density at radius 3 is 2.75 bits per heavy atom. The van der Waals surface area contributed by atoms with Gasteiger partial charge in [0.25, 0.3) is 0 Å². The Kier molecular flexibility index (Phi) is 5.48. The van der Waals surface area contributed by atoms with E-state index in [2.05, 4.69) is 44.2 Å². The molecule has 132 valence electrons. The number of aliphatic hydroxyl groups excluding tert-OH is 1. The number of rotatable bonds is 6. The number of hydrogen-bond acceptors (Lipinski definition) is 5. The summed E-state index contributed by atoms with van der Waals surface area (Å²) in [6, 6.07) is 2.75. The monoisotopic (exact) mass is 331 g/mol. The van der Waals surface area contributed by atoms with Gasteiger partial charge in [-0.2, -0.15) is 0 Å². The fourth-order valence-electron chi connectivity index (χ4n) is 3.76. The molecule has 24 heavy (non-hydrogen) atoms. The predicted molar refractivity (Wildman–Crippen MR) is 95.1 cm³/mol. The average molecular weight is 331 g/mol. The third-order valence-corrected chi connectivity index (χ3v) is 5.10. The van der Waals surface area contributed by atoms with E-state index < -0.39 is 0 Å². The van der Waals surface area contributed by atoms with Crippen LogP contribution in [0.3, 0.4) is 0 Å². The largest absolute Gasteiger partial charge is 0.396 e. The van der Waals surface area contributed by atoms with Gasteiger partial charge in [-0.1, -0.05) is 0 Å². The summed E-state index contributed by atoms with van der Waals surface area (Å²) in [7, 11) is 2.18. The minimum atomic E-state index is 0.282. The Morgan fingerprint density at radius 1 is 1.29 bits per heavy atom. The van der Waals surface area contributed by atoms with E-state index in [9.17, 15) is 0 Å². The molecule has 0 radical (unpaired) electrons. The highest BCUT2D eigenvalue weighted by atomic mass is 16.3. The number of likely N-dealkylation sites (tertiary alicyclic amines) is 1. The second-order valence-electron chi connectivity index (χ2n) is 6.99. The number of aliphatic hydroxyl groups is 1. The van der Waals surface area contributed by atoms with Gasteiger partial charge < -0.3 is 10.0 Å². The lowest BCUT2D eigenvalue weighted by atomic mass is 10.0. The van der Waals surface area contributed by atoms with E-state index in [4.69, 9.17) is 5.11 Å². The van der Waals surface area contributed by atoms with Gasteiger partial charge in [0.1, 0.15) is 0 Å². The number of piperidine rings is 1. The maximum atomic E-state index is 8.98. The number of nitrogens with zero attached hydrogens (tertiary/aromatic N) is 5. The number of imidazole rings is 1. The summed E-state index contributed by atoms with van der Waals surface area (Å²) in [5.41, 5.74) is 3.44. The van der Waals surface area contributed by atoms with Crippen LogP contribution in [0.5, 0.6) is 0 Å². The van der Waals surface area contributed by atoms with Gasteiger partial charge in [-0.25, -0.2) is 9.97 Å². The molecular formula is C18H29N5O. The van der Waals surface area contributed by atoms with Crippen molar-refractivity contribution in [1.29, 1.82) is 0 Å². The Hall–Kier alpha value is -1.50. The van der Waals surface area contributed by atoms with Gasteiger partial charge in [0, 0.05) is 50.2 Å². The molecule has 6 nitrogen and oxygen atoms in total. The van der Waals surface area contributed by atoms with Crippen molar-refractivity contribution < 1.29 is 5.11 Å². The summed E-state index contributed by atoms with van der Waals surface area (Å²) in [5.74, 6) is 0.807. The van der Waals surface area contributed by atoms with Crippen LogP contribution >= 0.6 is 0 Å². The van der Waals surface area contributed by atoms with Crippen molar-refractivity contribution >= 4 is 5.78 Å². The molecular weight excluding hydrogens is 302 g/mol. The zero-order valence-corrected chi connectivity index (χ0v) is 15.1. The first kappa shape index (κ1) is 17.3. The lowest BCUT2D eigenvalue weighted by molar-refractivity contribution is 0.116. The summed E-state index contributed by atoms with van der Waals surface area (Å²) in [5, 5.41) is 8.98. The second kappa shape index (κ2) is 7.59. The fraction of sp³-hybridized carbons (Fsp3) is 0.667. The van der Waals surface area contributed by atoms with Crippen LogP contribution in [-0.2, 0) is 6.54 Å². The number of hydrogen-bond donors (Lipinski definition) is 1. The van der Waals surface area contributed by atoms with Crippen LogP contribution in [0.4, 0.5) is 0 Å². The van der Waals surface area contributed by atoms with Crippen LogP contribution in [0, 0.1) is 13.8 Å². The number of fused-ring (bicyclic) bond motifs is 1. The van der Waals surface area contributed by atoms with E-state index in [1.54, 1.807) is 0 Å². The molecule has 3 rings (SSSR count). The Labute approximate surface area is 144 Å². The number of aromatic nitrogens is 3. The van der Waals surface area contributed by atoms with Crippen LogP contribution in [-0.4, -0.2) is 68.6 Å². The molecule has 0 unspecified atom stereocenters. The van der Waals surface area contributed by atoms with Crippen LogP contribution in [0.2, 0.25) is 0 Å². The summed E-state index contributed by atoms with van der Waals surface area (Å²) < 4.78 is 2.17. The van der Waals surface area contributed by atoms with Crippen molar-refractivity contribution in [3.05, 3.63) is 29.3 Å². The fourth-order valence-corrected chi connectivity index (χ4v) is 3.76. The topological polar surface area (TPSA) is 56.9 Å². The first-order valence-electron chi connectivity index (χ1n) is 8.92. The van der Waals surface area contributed by atoms with Gasteiger partial charge in [0.05, 0.1) is 11.9 Å². The normalized spacial score (nSPS) is 17.2. The molecule has 0 bridgehead atoms. The molecule has 0 aliphatic carbocycles. The van der Waals surface area contributed by atoms with E-state index in [1.807, 2.05) is 13.1 Å². The van der Waals surface area contributed by atoms with Crippen LogP contribution in [0.1, 0.15) is 36.3 Å². The minimum absolute atomic E-state index is 0.282. The van der Waals surface area contributed by atoms with Gasteiger partial charge in [-0.15, -0.1) is 0 Å². The second-order valence-corrected chi connectivity index (χ2v) is 6.99. The van der Waals surface area contributed by atoms with Crippen LogP contribution in [0.15, 0.2) is 12.3 Å². The van der Waals surface area contributed by atoms with Crippen molar-refractivity contribution in [1.82, 2.24) is 24.2 Å². The zero-order chi connectivity index (χ0) is 17.1. The molecule has 0 aromatic carbocycles. The molecule has 3 heterocycles. The van der Waals surface area contributed by atoms with Gasteiger partial charge in [0.15, 0.2) is 0 Å². The van der Waals surface area contributed by atoms with E-state index >= 15 is 0 Å². The third-order valence-electron chi connectivity index (χ3n) is 5.10. The van der Waals surface area contributed by atoms with Gasteiger partial charge in [-0.3, -0.25) is 9.30 Å². The highest BCUT2D eigenvalue weighted by Gasteiger charge is 2.23. The molecule has 6 heteroatoms. The lowest BCUT2D eigenvalue weighted by Crippen LogP contribution is -2.43. The number of aryl methyl sites for hydroxylation is 2. The molecule has 1 fully saturated rings. The first-order chi connectivity index (χ1) is 11.6. The van der Waals surface area contributed by atoms with Crippen molar-refractivity contribution in [3.8, 4) is 0 Å². The van der Waals surface area contributed by atoms with Gasteiger partial charge in [0.2, 0.25) is 5.78 Å². The van der Waals surface area contributed by atoms with Crippen molar-refractivity contribution in [3.63, 3.8) is 0 Å². The van der Waals surface area contributed by atoms with E-state index in [1.165, 1.54) is 24.2 Å². The quantitative estimate of drug-likeness (QED) is 0.872. The highest BCUT2D eigenvalue weighted by molar-refractivity contribution is 5.35. The maximum Gasteiger partial charge on any atom is 0.234 e. The van der Waals surface area contributed by atoms with E-state index in [-0.39, 0.29) is 6.61 Å². The summed E-state index contributed by atoms with van der Waals surface area (Å²) >= 11 is 0. The Balaban J connectivity index is 1.61. The summed E-state index contributed by atoms with van der Waals surface area (Å²) in [6.07, 6.45) is 5.21. The van der Waals surface area contributed by atoms with E-state index in [0.717, 1.165) is 44.1 Å². The van der Waals surface area contributed by atoms with Crippen LogP contribution < -0.4 is 0 Å².